The van der Waals surface area contributed by atoms with Gasteiger partial charge < -0.3 is 19.5 Å². The van der Waals surface area contributed by atoms with E-state index in [0.717, 1.165) is 6.42 Å². The lowest BCUT2D eigenvalue weighted by molar-refractivity contribution is 0.0856. The molecule has 1 amide bonds. The van der Waals surface area contributed by atoms with E-state index in [-0.39, 0.29) is 12.5 Å². The van der Waals surface area contributed by atoms with Crippen molar-refractivity contribution in [2.24, 2.45) is 0 Å². The predicted octanol–water partition coefficient (Wildman–Crippen LogP) is 4.48. The first kappa shape index (κ1) is 22.3. The fraction of sp³-hybridized carbons (Fsp3) is 0.333. The number of H-pyrrole nitrogens is 1. The van der Waals surface area contributed by atoms with Crippen molar-refractivity contribution in [1.29, 1.82) is 0 Å². The summed E-state index contributed by atoms with van der Waals surface area (Å²) in [7, 11) is 0. The Balaban J connectivity index is 1.34. The minimum atomic E-state index is -0.522. The lowest BCUT2D eigenvalue weighted by Gasteiger charge is -2.26. The molecule has 1 atom stereocenters. The number of carbonyl (C=O) groups excluding carboxylic acids is 1. The molecule has 172 valence electrons. The molecule has 0 saturated carbocycles. The molecule has 2 N–H and O–H groups in total. The number of unbranched alkanes of at least 4 members (excludes halogenated alkanes) is 3. The number of rotatable bonds is 10. The molecule has 9 heteroatoms. The third-order valence-electron chi connectivity index (χ3n) is 5.13. The van der Waals surface area contributed by atoms with Gasteiger partial charge >= 0.3 is 0 Å². The number of nitrogens with zero attached hydrogens (tertiary/aromatic N) is 3. The van der Waals surface area contributed by atoms with Crippen LogP contribution in [0.2, 0.25) is 0 Å². The standard InChI is InChI=1S/C24H27N5O4/c1-2-3-4-5-6-7-15-31-18-13-11-17(12-14-18)24(30)25-19-9-8-10-20-22(19)33-21(16-32-20)23-26-28-29-27-23/h6-14,21H,2-5,15-16H2,1H3,(H,25,30)(H,26,27,28,29). The van der Waals surface area contributed by atoms with E-state index in [1.165, 1.54) is 19.3 Å². The average molecular weight is 450 g/mol. The van der Waals surface area contributed by atoms with Gasteiger partial charge in [-0.15, -0.1) is 10.2 Å². The number of para-hydroxylation sites is 1. The van der Waals surface area contributed by atoms with Crippen LogP contribution in [-0.2, 0) is 0 Å². The highest BCUT2D eigenvalue weighted by Crippen LogP contribution is 2.41. The highest BCUT2D eigenvalue weighted by molar-refractivity contribution is 6.05. The number of nitrogens with one attached hydrogen (secondary N) is 2. The molecule has 1 unspecified atom stereocenters. The van der Waals surface area contributed by atoms with E-state index in [2.05, 4.69) is 38.9 Å². The van der Waals surface area contributed by atoms with Gasteiger partial charge in [0, 0.05) is 5.56 Å². The Morgan fingerprint density at radius 2 is 2.09 bits per heavy atom. The molecule has 2 aromatic carbocycles. The molecule has 0 aliphatic carbocycles. The lowest BCUT2D eigenvalue weighted by atomic mass is 10.2. The zero-order valence-corrected chi connectivity index (χ0v) is 18.5. The van der Waals surface area contributed by atoms with Crippen LogP contribution in [0.5, 0.6) is 17.2 Å². The second-order valence-electron chi connectivity index (χ2n) is 7.58. The van der Waals surface area contributed by atoms with Crippen LogP contribution in [0.4, 0.5) is 5.69 Å². The highest BCUT2D eigenvalue weighted by atomic mass is 16.6. The fourth-order valence-corrected chi connectivity index (χ4v) is 3.36. The molecule has 33 heavy (non-hydrogen) atoms. The number of allylic oxidation sites excluding steroid dienone is 1. The molecule has 9 nitrogen and oxygen atoms in total. The normalized spacial score (nSPS) is 14.9. The first-order chi connectivity index (χ1) is 16.2. The number of carbonyl (C=O) groups is 1. The molecule has 0 radical (unpaired) electrons. The molecule has 1 aliphatic heterocycles. The molecule has 1 aliphatic rings. The first-order valence-electron chi connectivity index (χ1n) is 11.1. The van der Waals surface area contributed by atoms with Gasteiger partial charge in [0.2, 0.25) is 5.82 Å². The minimum absolute atomic E-state index is 0.249. The van der Waals surface area contributed by atoms with E-state index in [9.17, 15) is 4.79 Å². The minimum Gasteiger partial charge on any atom is -0.490 e. The molecule has 3 aromatic rings. The van der Waals surface area contributed by atoms with Crippen molar-refractivity contribution >= 4 is 11.6 Å². The second-order valence-corrected chi connectivity index (χ2v) is 7.58. The zero-order valence-electron chi connectivity index (χ0n) is 18.5. The fourth-order valence-electron chi connectivity index (χ4n) is 3.36. The Morgan fingerprint density at radius 1 is 1.21 bits per heavy atom. The van der Waals surface area contributed by atoms with Gasteiger partial charge in [0.25, 0.3) is 5.91 Å². The maximum atomic E-state index is 12.8. The third kappa shape index (κ3) is 5.88. The summed E-state index contributed by atoms with van der Waals surface area (Å²) < 4.78 is 17.5. The van der Waals surface area contributed by atoms with Crippen LogP contribution in [0.3, 0.4) is 0 Å². The van der Waals surface area contributed by atoms with E-state index in [1.807, 2.05) is 6.08 Å². The Bertz CT molecular complexity index is 1070. The molecule has 0 spiro atoms. The van der Waals surface area contributed by atoms with Gasteiger partial charge in [0.1, 0.15) is 19.0 Å². The summed E-state index contributed by atoms with van der Waals surface area (Å²) in [4.78, 5) is 12.8. The topological polar surface area (TPSA) is 111 Å². The lowest BCUT2D eigenvalue weighted by Crippen LogP contribution is -2.24. The van der Waals surface area contributed by atoms with E-state index in [4.69, 9.17) is 14.2 Å². The third-order valence-corrected chi connectivity index (χ3v) is 5.13. The van der Waals surface area contributed by atoms with Gasteiger partial charge in [-0.25, -0.2) is 0 Å². The monoisotopic (exact) mass is 449 g/mol. The summed E-state index contributed by atoms with van der Waals surface area (Å²) in [6.45, 7) is 2.95. The summed E-state index contributed by atoms with van der Waals surface area (Å²) in [5.41, 5.74) is 1.00. The number of amides is 1. The quantitative estimate of drug-likeness (QED) is 0.347. The number of hydrogen-bond acceptors (Lipinski definition) is 7. The van der Waals surface area contributed by atoms with E-state index < -0.39 is 6.10 Å². The first-order valence-corrected chi connectivity index (χ1v) is 11.1. The van der Waals surface area contributed by atoms with Crippen molar-refractivity contribution in [2.45, 2.75) is 38.7 Å². The highest BCUT2D eigenvalue weighted by Gasteiger charge is 2.28. The summed E-state index contributed by atoms with van der Waals surface area (Å²) in [5.74, 6) is 1.79. The maximum absolute atomic E-state index is 12.8. The van der Waals surface area contributed by atoms with Crippen molar-refractivity contribution in [1.82, 2.24) is 20.6 Å². The zero-order chi connectivity index (χ0) is 22.9. The molecule has 2 heterocycles. The summed E-state index contributed by atoms with van der Waals surface area (Å²) in [6.07, 6.45) is 8.40. The second kappa shape index (κ2) is 11.1. The van der Waals surface area contributed by atoms with Crippen molar-refractivity contribution in [3.8, 4) is 17.2 Å². The molecule has 0 saturated heterocycles. The molecule has 0 fully saturated rings. The van der Waals surface area contributed by atoms with Crippen molar-refractivity contribution in [3.63, 3.8) is 0 Å². The van der Waals surface area contributed by atoms with Gasteiger partial charge in [0.15, 0.2) is 17.6 Å². The SMILES string of the molecule is CCCCCC=CCOc1ccc(C(=O)Nc2cccc3c2OC(c2nn[nH]n2)CO3)cc1. The van der Waals surface area contributed by atoms with Gasteiger partial charge in [-0.05, 0) is 49.2 Å². The van der Waals surface area contributed by atoms with Crippen LogP contribution in [0.1, 0.15) is 54.9 Å². The summed E-state index contributed by atoms with van der Waals surface area (Å²) >= 11 is 0. The Kier molecular flexibility index (Phi) is 7.52. The number of fused-ring (bicyclic) bond motifs is 1. The average Bonchev–Trinajstić information content (AvgIpc) is 3.39. The summed E-state index contributed by atoms with van der Waals surface area (Å²) in [5, 5.41) is 16.7. The number of aromatic nitrogens is 4. The van der Waals surface area contributed by atoms with Crippen LogP contribution < -0.4 is 19.5 Å². The Hall–Kier alpha value is -3.88. The van der Waals surface area contributed by atoms with Crippen molar-refractivity contribution in [2.75, 3.05) is 18.5 Å². The molecule has 4 rings (SSSR count). The number of anilines is 1. The molecule has 1 aromatic heterocycles. The van der Waals surface area contributed by atoms with Crippen LogP contribution in [-0.4, -0.2) is 39.7 Å². The van der Waals surface area contributed by atoms with Gasteiger partial charge in [-0.1, -0.05) is 43.2 Å². The van der Waals surface area contributed by atoms with Crippen LogP contribution in [0, 0.1) is 0 Å². The largest absolute Gasteiger partial charge is 0.490 e. The Labute approximate surface area is 192 Å². The number of ether oxygens (including phenoxy) is 3. The van der Waals surface area contributed by atoms with Crippen LogP contribution in [0.25, 0.3) is 0 Å². The van der Waals surface area contributed by atoms with Crippen LogP contribution >= 0.6 is 0 Å². The molecule has 0 bridgehead atoms. The van der Waals surface area contributed by atoms with E-state index in [1.54, 1.807) is 42.5 Å². The number of benzene rings is 2. The maximum Gasteiger partial charge on any atom is 0.255 e. The molecular weight excluding hydrogens is 422 g/mol. The number of hydrogen-bond donors (Lipinski definition) is 2. The molecular formula is C24H27N5O4. The van der Waals surface area contributed by atoms with Crippen LogP contribution in [0.15, 0.2) is 54.6 Å². The Morgan fingerprint density at radius 3 is 2.88 bits per heavy atom. The number of tetrazole rings is 1. The van der Waals surface area contributed by atoms with Crippen molar-refractivity contribution < 1.29 is 19.0 Å². The van der Waals surface area contributed by atoms with Gasteiger partial charge in [-0.3, -0.25) is 4.79 Å². The summed E-state index contributed by atoms with van der Waals surface area (Å²) in [6, 6.07) is 12.3. The van der Waals surface area contributed by atoms with E-state index in [0.29, 0.717) is 40.9 Å². The predicted molar refractivity (Wildman–Crippen MR) is 123 cm³/mol. The van der Waals surface area contributed by atoms with E-state index >= 15 is 0 Å². The number of aromatic amines is 1. The van der Waals surface area contributed by atoms with Crippen molar-refractivity contribution in [3.05, 3.63) is 66.0 Å². The van der Waals surface area contributed by atoms with Gasteiger partial charge in [-0.2, -0.15) is 5.21 Å². The van der Waals surface area contributed by atoms with Gasteiger partial charge in [0.05, 0.1) is 5.69 Å². The smallest absolute Gasteiger partial charge is 0.255 e.